The third kappa shape index (κ3) is 2.81. The minimum absolute atomic E-state index is 0.629. The monoisotopic (exact) mass is 313 g/mol. The van der Waals surface area contributed by atoms with Gasteiger partial charge in [0.05, 0.1) is 32.2 Å². The van der Waals surface area contributed by atoms with E-state index in [0.29, 0.717) is 6.61 Å². The lowest BCUT2D eigenvalue weighted by Crippen LogP contribution is -2.27. The Morgan fingerprint density at radius 3 is 3.13 bits per heavy atom. The van der Waals surface area contributed by atoms with Crippen molar-refractivity contribution < 1.29 is 9.47 Å². The average Bonchev–Trinajstić information content (AvgIpc) is 2.89. The highest BCUT2D eigenvalue weighted by molar-refractivity contribution is 5.58. The van der Waals surface area contributed by atoms with E-state index < -0.39 is 0 Å². The fourth-order valence-electron chi connectivity index (χ4n) is 3.56. The number of aromatic nitrogens is 2. The van der Waals surface area contributed by atoms with Gasteiger partial charge in [-0.25, -0.2) is 4.98 Å². The van der Waals surface area contributed by atoms with Crippen LogP contribution < -0.4 is 9.64 Å². The first-order valence-electron chi connectivity index (χ1n) is 8.38. The topological polar surface area (TPSA) is 39.5 Å². The molecule has 122 valence electrons. The Labute approximate surface area is 136 Å². The Balaban J connectivity index is 1.65. The van der Waals surface area contributed by atoms with Crippen molar-refractivity contribution in [2.75, 3.05) is 25.2 Å². The van der Waals surface area contributed by atoms with E-state index >= 15 is 0 Å². The summed E-state index contributed by atoms with van der Waals surface area (Å²) in [4.78, 5) is 7.00. The highest BCUT2D eigenvalue weighted by Crippen LogP contribution is 2.31. The molecule has 1 aromatic carbocycles. The third-order valence-electron chi connectivity index (χ3n) is 4.82. The van der Waals surface area contributed by atoms with Gasteiger partial charge in [0, 0.05) is 24.8 Å². The standard InChI is InChI=1S/C18H23N3O2/c1-22-16-6-5-14-4-2-3-7-20(17(14)10-16)12-15-11-19-18-13-23-9-8-21(15)18/h5-6,10-11H,2-4,7-9,12-13H2,1H3. The van der Waals surface area contributed by atoms with Crippen LogP contribution in [0.5, 0.6) is 5.75 Å². The zero-order chi connectivity index (χ0) is 15.6. The van der Waals surface area contributed by atoms with Gasteiger partial charge < -0.3 is 18.9 Å². The SMILES string of the molecule is COc1ccc2c(c1)N(Cc1cnc3n1CCOC3)CCCC2. The van der Waals surface area contributed by atoms with Gasteiger partial charge in [-0.3, -0.25) is 0 Å². The van der Waals surface area contributed by atoms with E-state index in [2.05, 4.69) is 32.7 Å². The zero-order valence-corrected chi connectivity index (χ0v) is 13.6. The molecule has 0 unspecified atom stereocenters. The maximum atomic E-state index is 5.49. The molecule has 0 spiro atoms. The van der Waals surface area contributed by atoms with Gasteiger partial charge in [0.25, 0.3) is 0 Å². The Kier molecular flexibility index (Phi) is 3.95. The molecule has 2 aliphatic heterocycles. The highest BCUT2D eigenvalue weighted by atomic mass is 16.5. The van der Waals surface area contributed by atoms with E-state index in [0.717, 1.165) is 44.2 Å². The fraction of sp³-hybridized carbons (Fsp3) is 0.500. The van der Waals surface area contributed by atoms with Gasteiger partial charge >= 0.3 is 0 Å². The summed E-state index contributed by atoms with van der Waals surface area (Å²) in [5.41, 5.74) is 4.01. The van der Waals surface area contributed by atoms with Crippen molar-refractivity contribution in [1.29, 1.82) is 0 Å². The Bertz CT molecular complexity index is 696. The van der Waals surface area contributed by atoms with E-state index in [-0.39, 0.29) is 0 Å². The van der Waals surface area contributed by atoms with Crippen molar-refractivity contribution in [2.24, 2.45) is 0 Å². The van der Waals surface area contributed by atoms with Crippen LogP contribution in [-0.4, -0.2) is 29.8 Å². The molecule has 4 rings (SSSR count). The predicted octanol–water partition coefficient (Wildman–Crippen LogP) is 2.76. The molecular weight excluding hydrogens is 290 g/mol. The molecule has 0 radical (unpaired) electrons. The number of fused-ring (bicyclic) bond motifs is 2. The second-order valence-electron chi connectivity index (χ2n) is 6.24. The minimum Gasteiger partial charge on any atom is -0.497 e. The Morgan fingerprint density at radius 1 is 1.26 bits per heavy atom. The lowest BCUT2D eigenvalue weighted by molar-refractivity contribution is 0.0806. The molecule has 5 nitrogen and oxygen atoms in total. The van der Waals surface area contributed by atoms with E-state index in [4.69, 9.17) is 9.47 Å². The molecule has 0 N–H and O–H groups in total. The van der Waals surface area contributed by atoms with Crippen LogP contribution in [0.1, 0.15) is 29.9 Å². The number of nitrogens with zero attached hydrogens (tertiary/aromatic N) is 3. The first-order chi connectivity index (χ1) is 11.3. The molecule has 2 aliphatic rings. The third-order valence-corrected chi connectivity index (χ3v) is 4.82. The molecule has 2 aromatic rings. The number of aryl methyl sites for hydroxylation is 1. The molecule has 0 bridgehead atoms. The predicted molar refractivity (Wildman–Crippen MR) is 88.9 cm³/mol. The van der Waals surface area contributed by atoms with Gasteiger partial charge in [0.2, 0.25) is 0 Å². The first-order valence-corrected chi connectivity index (χ1v) is 8.38. The lowest BCUT2D eigenvalue weighted by atomic mass is 10.1. The van der Waals surface area contributed by atoms with Gasteiger partial charge in [0.1, 0.15) is 18.2 Å². The maximum absolute atomic E-state index is 5.49. The number of methoxy groups -OCH3 is 1. The molecule has 3 heterocycles. The van der Waals surface area contributed by atoms with Crippen LogP contribution in [0.4, 0.5) is 5.69 Å². The van der Waals surface area contributed by atoms with Crippen LogP contribution in [0.15, 0.2) is 24.4 Å². The minimum atomic E-state index is 0.629. The van der Waals surface area contributed by atoms with Crippen molar-refractivity contribution >= 4 is 5.69 Å². The molecule has 0 atom stereocenters. The smallest absolute Gasteiger partial charge is 0.135 e. The van der Waals surface area contributed by atoms with Gasteiger partial charge in [0.15, 0.2) is 0 Å². The molecule has 1 aromatic heterocycles. The van der Waals surface area contributed by atoms with Crippen molar-refractivity contribution in [2.45, 2.75) is 39.0 Å². The lowest BCUT2D eigenvalue weighted by Gasteiger charge is -2.26. The summed E-state index contributed by atoms with van der Waals surface area (Å²) in [7, 11) is 1.73. The van der Waals surface area contributed by atoms with Gasteiger partial charge in [-0.2, -0.15) is 0 Å². The van der Waals surface area contributed by atoms with Crippen LogP contribution in [0.2, 0.25) is 0 Å². The van der Waals surface area contributed by atoms with Crippen LogP contribution in [-0.2, 0) is 30.9 Å². The summed E-state index contributed by atoms with van der Waals surface area (Å²) >= 11 is 0. The van der Waals surface area contributed by atoms with Crippen LogP contribution in [0.25, 0.3) is 0 Å². The van der Waals surface area contributed by atoms with Crippen LogP contribution >= 0.6 is 0 Å². The van der Waals surface area contributed by atoms with Crippen molar-refractivity contribution in [1.82, 2.24) is 9.55 Å². The van der Waals surface area contributed by atoms with E-state index in [9.17, 15) is 0 Å². The van der Waals surface area contributed by atoms with Crippen LogP contribution in [0.3, 0.4) is 0 Å². The second-order valence-corrected chi connectivity index (χ2v) is 6.24. The van der Waals surface area contributed by atoms with Gasteiger partial charge in [-0.1, -0.05) is 6.07 Å². The fourth-order valence-corrected chi connectivity index (χ4v) is 3.56. The molecule has 0 saturated carbocycles. The summed E-state index contributed by atoms with van der Waals surface area (Å²) in [5.74, 6) is 1.98. The van der Waals surface area contributed by atoms with Crippen LogP contribution in [0, 0.1) is 0 Å². The summed E-state index contributed by atoms with van der Waals surface area (Å²) < 4.78 is 13.2. The molecule has 0 aliphatic carbocycles. The summed E-state index contributed by atoms with van der Waals surface area (Å²) in [6.07, 6.45) is 5.62. The number of imidazole rings is 1. The average molecular weight is 313 g/mol. The number of hydrogen-bond acceptors (Lipinski definition) is 4. The summed E-state index contributed by atoms with van der Waals surface area (Å²) in [6.45, 7) is 4.29. The normalized spacial score (nSPS) is 17.3. The first kappa shape index (κ1) is 14.6. The Morgan fingerprint density at radius 2 is 2.22 bits per heavy atom. The number of rotatable bonds is 3. The van der Waals surface area contributed by atoms with Crippen molar-refractivity contribution in [3.05, 3.63) is 41.5 Å². The number of anilines is 1. The second kappa shape index (κ2) is 6.24. The molecule has 0 fully saturated rings. The maximum Gasteiger partial charge on any atom is 0.135 e. The number of ether oxygens (including phenoxy) is 2. The van der Waals surface area contributed by atoms with Gasteiger partial charge in [-0.05, 0) is 30.9 Å². The van der Waals surface area contributed by atoms with E-state index in [1.54, 1.807) is 7.11 Å². The van der Waals surface area contributed by atoms with E-state index in [1.165, 1.54) is 29.8 Å². The highest BCUT2D eigenvalue weighted by Gasteiger charge is 2.20. The van der Waals surface area contributed by atoms with E-state index in [1.807, 2.05) is 6.20 Å². The molecule has 23 heavy (non-hydrogen) atoms. The molecule has 0 saturated heterocycles. The zero-order valence-electron chi connectivity index (χ0n) is 13.6. The largest absolute Gasteiger partial charge is 0.497 e. The summed E-state index contributed by atoms with van der Waals surface area (Å²) in [5, 5.41) is 0. The molecule has 5 heteroatoms. The Hall–Kier alpha value is -2.01. The van der Waals surface area contributed by atoms with Crippen molar-refractivity contribution in [3.8, 4) is 5.75 Å². The molecule has 0 amide bonds. The quantitative estimate of drug-likeness (QED) is 0.873. The van der Waals surface area contributed by atoms with Gasteiger partial charge in [-0.15, -0.1) is 0 Å². The number of benzene rings is 1. The number of hydrogen-bond donors (Lipinski definition) is 0. The summed E-state index contributed by atoms with van der Waals surface area (Å²) in [6, 6.07) is 6.46. The molecular formula is C18H23N3O2. The van der Waals surface area contributed by atoms with Crippen molar-refractivity contribution in [3.63, 3.8) is 0 Å².